The molecule has 2 aromatic heterocycles. The van der Waals surface area contributed by atoms with Crippen molar-refractivity contribution < 1.29 is 32.2 Å². The fourth-order valence-electron chi connectivity index (χ4n) is 6.98. The highest BCUT2D eigenvalue weighted by molar-refractivity contribution is 7.90. The molecule has 0 radical (unpaired) electrons. The Kier molecular flexibility index (Phi) is 8.26. The third-order valence-corrected chi connectivity index (χ3v) is 11.4. The van der Waals surface area contributed by atoms with Gasteiger partial charge < -0.3 is 28.4 Å². The minimum absolute atomic E-state index is 0.213. The van der Waals surface area contributed by atoms with E-state index >= 15 is 0 Å². The largest absolute Gasteiger partial charge is 0.491 e. The molecule has 0 atom stereocenters. The van der Waals surface area contributed by atoms with Crippen molar-refractivity contribution in [1.82, 2.24) is 4.57 Å². The fourth-order valence-corrected chi connectivity index (χ4v) is 8.85. The highest BCUT2D eigenvalue weighted by Crippen LogP contribution is 2.49. The zero-order chi connectivity index (χ0) is 31.1. The number of sulfone groups is 1. The van der Waals surface area contributed by atoms with Crippen LogP contribution >= 0.6 is 11.3 Å². The summed E-state index contributed by atoms with van der Waals surface area (Å²) in [5.41, 5.74) is 6.35. The van der Waals surface area contributed by atoms with E-state index in [0.29, 0.717) is 42.9 Å². The number of anilines is 1. The van der Waals surface area contributed by atoms with Gasteiger partial charge in [0.25, 0.3) is 0 Å². The van der Waals surface area contributed by atoms with E-state index in [2.05, 4.69) is 15.5 Å². The number of methoxy groups -OCH3 is 1. The van der Waals surface area contributed by atoms with Crippen LogP contribution in [0.15, 0.2) is 47.4 Å². The van der Waals surface area contributed by atoms with Crippen molar-refractivity contribution in [2.45, 2.75) is 56.1 Å². The van der Waals surface area contributed by atoms with Crippen molar-refractivity contribution >= 4 is 43.0 Å². The highest BCUT2D eigenvalue weighted by Gasteiger charge is 2.31. The maximum atomic E-state index is 12.5. The number of fused-ring (bicyclic) bond motifs is 5. The van der Waals surface area contributed by atoms with E-state index in [0.717, 1.165) is 54.0 Å². The minimum Gasteiger partial charge on any atom is -0.491 e. The Labute approximate surface area is 267 Å². The van der Waals surface area contributed by atoms with Gasteiger partial charge >= 0.3 is 5.97 Å². The lowest BCUT2D eigenvalue weighted by Gasteiger charge is -2.30. The summed E-state index contributed by atoms with van der Waals surface area (Å²) >= 11 is 1.53. The molecule has 2 aromatic carbocycles. The third-order valence-electron chi connectivity index (χ3n) is 9.18. The first kappa shape index (κ1) is 30.1. The summed E-state index contributed by atoms with van der Waals surface area (Å²) in [6.07, 6.45) is 7.15. The molecule has 0 spiro atoms. The van der Waals surface area contributed by atoms with Crippen LogP contribution in [0.2, 0.25) is 0 Å². The van der Waals surface area contributed by atoms with Crippen molar-refractivity contribution in [1.29, 1.82) is 0 Å². The summed E-state index contributed by atoms with van der Waals surface area (Å²) in [5.74, 6) is 1.54. The first-order chi connectivity index (χ1) is 21.8. The quantitative estimate of drug-likeness (QED) is 0.212. The molecule has 2 aliphatic heterocycles. The van der Waals surface area contributed by atoms with Gasteiger partial charge in [-0.1, -0.05) is 19.3 Å². The average molecular weight is 651 g/mol. The molecule has 11 heteroatoms. The van der Waals surface area contributed by atoms with Gasteiger partial charge in [-0.2, -0.15) is 0 Å². The minimum atomic E-state index is -3.38. The molecule has 4 heterocycles. The van der Waals surface area contributed by atoms with Crippen molar-refractivity contribution in [3.63, 3.8) is 0 Å². The molecule has 0 amide bonds. The van der Waals surface area contributed by atoms with E-state index in [1.807, 2.05) is 24.3 Å². The number of thiophene rings is 1. The number of rotatable bonds is 7. The Balaban J connectivity index is 1.24. The molecule has 0 unspecified atom stereocenters. The number of esters is 1. The maximum Gasteiger partial charge on any atom is 0.348 e. The normalized spacial score (nSPS) is 17.3. The van der Waals surface area contributed by atoms with Crippen LogP contribution < -0.4 is 14.4 Å². The van der Waals surface area contributed by atoms with Crippen LogP contribution in [0.3, 0.4) is 0 Å². The molecule has 0 N–H and O–H groups in total. The van der Waals surface area contributed by atoms with E-state index in [9.17, 15) is 13.2 Å². The number of aromatic nitrogens is 1. The molecule has 0 bridgehead atoms. The van der Waals surface area contributed by atoms with E-state index in [1.165, 1.54) is 59.9 Å². The summed E-state index contributed by atoms with van der Waals surface area (Å²) < 4.78 is 51.5. The predicted octanol–water partition coefficient (Wildman–Crippen LogP) is 6.42. The van der Waals surface area contributed by atoms with Crippen LogP contribution in [0.4, 0.5) is 5.69 Å². The summed E-state index contributed by atoms with van der Waals surface area (Å²) in [6.45, 7) is 4.09. The summed E-state index contributed by atoms with van der Waals surface area (Å²) in [5, 5.41) is 0. The number of nitrogens with zero attached hydrogens (tertiary/aromatic N) is 2. The first-order valence-corrected chi connectivity index (χ1v) is 18.3. The maximum absolute atomic E-state index is 12.5. The Morgan fingerprint density at radius 3 is 2.56 bits per heavy atom. The summed E-state index contributed by atoms with van der Waals surface area (Å²) in [4.78, 5) is 15.6. The van der Waals surface area contributed by atoms with Crippen LogP contribution in [0.5, 0.6) is 11.5 Å². The third kappa shape index (κ3) is 5.81. The number of ether oxygens (including phenoxy) is 4. The molecule has 1 saturated carbocycles. The van der Waals surface area contributed by atoms with Crippen LogP contribution in [0.1, 0.15) is 58.8 Å². The topological polar surface area (TPSA) is 96.3 Å². The highest BCUT2D eigenvalue weighted by atomic mass is 32.2. The van der Waals surface area contributed by atoms with Gasteiger partial charge in [0.05, 0.1) is 47.7 Å². The van der Waals surface area contributed by atoms with Gasteiger partial charge in [0, 0.05) is 42.2 Å². The zero-order valence-electron chi connectivity index (χ0n) is 25.7. The van der Waals surface area contributed by atoms with Gasteiger partial charge in [-0.25, -0.2) is 13.2 Å². The number of morpholine rings is 1. The first-order valence-electron chi connectivity index (χ1n) is 15.6. The molecule has 7 rings (SSSR count). The number of hydrogen-bond acceptors (Lipinski definition) is 9. The average Bonchev–Trinajstić information content (AvgIpc) is 3.55. The van der Waals surface area contributed by atoms with Crippen molar-refractivity contribution in [2.75, 3.05) is 51.2 Å². The lowest BCUT2D eigenvalue weighted by molar-refractivity contribution is 0.0606. The predicted molar refractivity (Wildman–Crippen MR) is 175 cm³/mol. The second-order valence-electron chi connectivity index (χ2n) is 12.0. The van der Waals surface area contributed by atoms with Gasteiger partial charge in [-0.15, -0.1) is 11.3 Å². The molecule has 45 heavy (non-hydrogen) atoms. The van der Waals surface area contributed by atoms with E-state index in [4.69, 9.17) is 18.9 Å². The van der Waals surface area contributed by atoms with Gasteiger partial charge in [-0.05, 0) is 60.7 Å². The van der Waals surface area contributed by atoms with E-state index in [1.54, 1.807) is 12.1 Å². The van der Waals surface area contributed by atoms with E-state index in [-0.39, 0.29) is 17.5 Å². The Morgan fingerprint density at radius 2 is 1.80 bits per heavy atom. The second kappa shape index (κ2) is 12.3. The van der Waals surface area contributed by atoms with Gasteiger partial charge in [0.15, 0.2) is 9.84 Å². The molecular weight excluding hydrogens is 613 g/mol. The van der Waals surface area contributed by atoms with Gasteiger partial charge in [0.1, 0.15) is 29.6 Å². The summed E-state index contributed by atoms with van der Waals surface area (Å²) in [7, 11) is -1.95. The van der Waals surface area contributed by atoms with Crippen LogP contribution in [-0.4, -0.2) is 65.2 Å². The van der Waals surface area contributed by atoms with Gasteiger partial charge in [-0.3, -0.25) is 0 Å². The summed E-state index contributed by atoms with van der Waals surface area (Å²) in [6, 6.07) is 13.2. The number of carbonyl (C=O) groups excluding carboxylic acids is 1. The van der Waals surface area contributed by atoms with Crippen molar-refractivity contribution in [2.24, 2.45) is 0 Å². The monoisotopic (exact) mass is 650 g/mol. The standard InChI is InChI=1S/C34H38N2O7S2/c1-40-34(37)30-20-28-33(44-30)31(22-6-4-3-5-7-22)32-26-10-8-24(19-29(26)42-17-14-36(28)32)43-21-23-18-25(45(2,38)39)9-11-27(23)35-12-15-41-16-13-35/h8-11,18-20,22H,3-7,12-17,21H2,1-2H3. The van der Waals surface area contributed by atoms with Crippen molar-refractivity contribution in [3.8, 4) is 22.8 Å². The molecular formula is C34H38N2O7S2. The zero-order valence-corrected chi connectivity index (χ0v) is 27.3. The molecule has 4 aromatic rings. The molecule has 2 fully saturated rings. The lowest BCUT2D eigenvalue weighted by atomic mass is 9.83. The number of carbonyl (C=O) groups is 1. The molecule has 1 aliphatic carbocycles. The SMILES string of the molecule is COC(=O)c1cc2c(s1)c(C1CCCCC1)c1n2CCOc2cc(OCc3cc(S(C)(=O)=O)ccc3N3CCOCC3)ccc2-1. The Hall–Kier alpha value is -3.54. The second-order valence-corrected chi connectivity index (χ2v) is 15.1. The van der Waals surface area contributed by atoms with Crippen LogP contribution in [0, 0.1) is 0 Å². The van der Waals surface area contributed by atoms with Crippen LogP contribution in [-0.2, 0) is 32.5 Å². The van der Waals surface area contributed by atoms with Crippen molar-refractivity contribution in [3.05, 3.63) is 58.5 Å². The molecule has 1 saturated heterocycles. The van der Waals surface area contributed by atoms with Gasteiger partial charge in [0.2, 0.25) is 0 Å². The fraction of sp³-hybridized carbons (Fsp3) is 0.441. The lowest BCUT2D eigenvalue weighted by Crippen LogP contribution is -2.36. The molecule has 3 aliphatic rings. The smallest absolute Gasteiger partial charge is 0.348 e. The van der Waals surface area contributed by atoms with Crippen LogP contribution in [0.25, 0.3) is 21.5 Å². The molecule has 238 valence electrons. The Morgan fingerprint density at radius 1 is 1.00 bits per heavy atom. The number of benzene rings is 2. The molecule has 9 nitrogen and oxygen atoms in total. The Bertz CT molecular complexity index is 1850. The van der Waals surface area contributed by atoms with E-state index < -0.39 is 9.84 Å². The number of hydrogen-bond donors (Lipinski definition) is 0.